The first-order chi connectivity index (χ1) is 8.08. The fourth-order valence-corrected chi connectivity index (χ4v) is 2.44. The third-order valence-electron chi connectivity index (χ3n) is 3.63. The molecule has 1 heterocycles. The van der Waals surface area contributed by atoms with Crippen LogP contribution < -0.4 is 5.73 Å². The Morgan fingerprint density at radius 3 is 2.29 bits per heavy atom. The quantitative estimate of drug-likeness (QED) is 0.850. The molecule has 0 bridgehead atoms. The molecule has 0 amide bonds. The Labute approximate surface area is 104 Å². The molecule has 2 rings (SSSR count). The average molecular weight is 233 g/mol. The van der Waals surface area contributed by atoms with Gasteiger partial charge in [0.25, 0.3) is 0 Å². The van der Waals surface area contributed by atoms with Gasteiger partial charge in [0.2, 0.25) is 0 Å². The molecule has 0 aromatic heterocycles. The monoisotopic (exact) mass is 233 g/mol. The molecule has 1 unspecified atom stereocenters. The molecular weight excluding hydrogens is 210 g/mol. The first-order valence-electron chi connectivity index (χ1n) is 6.34. The van der Waals surface area contributed by atoms with E-state index >= 15 is 0 Å². The van der Waals surface area contributed by atoms with Crippen molar-refractivity contribution in [3.8, 4) is 0 Å². The van der Waals surface area contributed by atoms with Gasteiger partial charge in [0.1, 0.15) is 0 Å². The Balaban J connectivity index is 1.98. The summed E-state index contributed by atoms with van der Waals surface area (Å²) in [4.78, 5) is 4.76. The molecule has 1 saturated heterocycles. The van der Waals surface area contributed by atoms with Crippen LogP contribution in [0.15, 0.2) is 30.3 Å². The van der Waals surface area contributed by atoms with E-state index in [4.69, 9.17) is 5.73 Å². The summed E-state index contributed by atoms with van der Waals surface area (Å²) in [5.41, 5.74) is 7.56. The van der Waals surface area contributed by atoms with Gasteiger partial charge in [-0.3, -0.25) is 4.90 Å². The highest BCUT2D eigenvalue weighted by Gasteiger charge is 2.29. The lowest BCUT2D eigenvalue weighted by Gasteiger charge is -2.43. The minimum atomic E-state index is -0.234. The molecule has 17 heavy (non-hydrogen) atoms. The Morgan fingerprint density at radius 2 is 1.71 bits per heavy atom. The van der Waals surface area contributed by atoms with Gasteiger partial charge < -0.3 is 10.6 Å². The fourth-order valence-electron chi connectivity index (χ4n) is 2.44. The highest BCUT2D eigenvalue weighted by atomic mass is 15.3. The molecule has 3 heteroatoms. The number of hydrogen-bond donors (Lipinski definition) is 1. The van der Waals surface area contributed by atoms with E-state index < -0.39 is 0 Å². The first kappa shape index (κ1) is 12.6. The van der Waals surface area contributed by atoms with Crippen LogP contribution in [0.2, 0.25) is 0 Å². The predicted octanol–water partition coefficient (Wildman–Crippen LogP) is 1.15. The third-order valence-corrected chi connectivity index (χ3v) is 3.63. The standard InChI is InChI=1S/C14H23N3/c1-14(15,12-13-6-4-3-5-7-13)17-10-8-16(2)9-11-17/h3-7H,8-12,15H2,1-2H3. The van der Waals surface area contributed by atoms with Crippen LogP contribution in [-0.2, 0) is 6.42 Å². The van der Waals surface area contributed by atoms with E-state index in [-0.39, 0.29) is 5.66 Å². The SMILES string of the molecule is CN1CCN(C(C)(N)Cc2ccccc2)CC1. The normalized spacial score (nSPS) is 22.3. The summed E-state index contributed by atoms with van der Waals surface area (Å²) in [6, 6.07) is 10.5. The largest absolute Gasteiger partial charge is 0.313 e. The van der Waals surface area contributed by atoms with E-state index in [0.717, 1.165) is 32.6 Å². The maximum atomic E-state index is 6.48. The molecule has 1 aromatic carbocycles. The molecule has 0 saturated carbocycles. The van der Waals surface area contributed by atoms with Gasteiger partial charge in [-0.05, 0) is 19.5 Å². The number of hydrogen-bond acceptors (Lipinski definition) is 3. The van der Waals surface area contributed by atoms with Crippen LogP contribution in [0.1, 0.15) is 12.5 Å². The number of benzene rings is 1. The lowest BCUT2D eigenvalue weighted by molar-refractivity contribution is 0.0546. The van der Waals surface area contributed by atoms with E-state index in [9.17, 15) is 0 Å². The summed E-state index contributed by atoms with van der Waals surface area (Å²) in [6.07, 6.45) is 0.914. The van der Waals surface area contributed by atoms with Gasteiger partial charge in [-0.2, -0.15) is 0 Å². The van der Waals surface area contributed by atoms with Crippen molar-refractivity contribution >= 4 is 0 Å². The summed E-state index contributed by atoms with van der Waals surface area (Å²) in [5.74, 6) is 0. The van der Waals surface area contributed by atoms with E-state index in [0.29, 0.717) is 0 Å². The van der Waals surface area contributed by atoms with Crippen molar-refractivity contribution in [1.29, 1.82) is 0 Å². The number of piperazine rings is 1. The fraction of sp³-hybridized carbons (Fsp3) is 0.571. The highest BCUT2D eigenvalue weighted by molar-refractivity contribution is 5.17. The maximum Gasteiger partial charge on any atom is 0.0700 e. The second-order valence-electron chi connectivity index (χ2n) is 5.31. The van der Waals surface area contributed by atoms with Crippen molar-refractivity contribution in [3.63, 3.8) is 0 Å². The molecule has 94 valence electrons. The molecule has 1 aliphatic rings. The van der Waals surface area contributed by atoms with Crippen molar-refractivity contribution in [2.45, 2.75) is 19.0 Å². The zero-order valence-electron chi connectivity index (χ0n) is 10.9. The van der Waals surface area contributed by atoms with Gasteiger partial charge in [-0.25, -0.2) is 0 Å². The third kappa shape index (κ3) is 3.28. The lowest BCUT2D eigenvalue weighted by atomic mass is 9.99. The second-order valence-corrected chi connectivity index (χ2v) is 5.31. The van der Waals surface area contributed by atoms with Gasteiger partial charge >= 0.3 is 0 Å². The highest BCUT2D eigenvalue weighted by Crippen LogP contribution is 2.17. The van der Waals surface area contributed by atoms with Crippen molar-refractivity contribution in [1.82, 2.24) is 9.80 Å². The van der Waals surface area contributed by atoms with Crippen LogP contribution in [-0.4, -0.2) is 48.7 Å². The lowest BCUT2D eigenvalue weighted by Crippen LogP contribution is -2.60. The summed E-state index contributed by atoms with van der Waals surface area (Å²) in [7, 11) is 2.17. The zero-order chi connectivity index (χ0) is 12.3. The van der Waals surface area contributed by atoms with Crippen molar-refractivity contribution < 1.29 is 0 Å². The second kappa shape index (κ2) is 5.17. The summed E-state index contributed by atoms with van der Waals surface area (Å²) in [6.45, 7) is 6.50. The smallest absolute Gasteiger partial charge is 0.0700 e. The number of nitrogens with zero attached hydrogens (tertiary/aromatic N) is 2. The topological polar surface area (TPSA) is 32.5 Å². The van der Waals surface area contributed by atoms with Crippen LogP contribution in [0.4, 0.5) is 0 Å². The Morgan fingerprint density at radius 1 is 1.12 bits per heavy atom. The Hall–Kier alpha value is -0.900. The molecular formula is C14H23N3. The van der Waals surface area contributed by atoms with Gasteiger partial charge in [0.05, 0.1) is 5.66 Å². The molecule has 1 aromatic rings. The minimum absolute atomic E-state index is 0.234. The minimum Gasteiger partial charge on any atom is -0.313 e. The average Bonchev–Trinajstić information content (AvgIpc) is 2.30. The molecule has 3 nitrogen and oxygen atoms in total. The van der Waals surface area contributed by atoms with Crippen LogP contribution in [0.25, 0.3) is 0 Å². The number of nitrogens with two attached hydrogens (primary N) is 1. The molecule has 0 spiro atoms. The summed E-state index contributed by atoms with van der Waals surface area (Å²) in [5, 5.41) is 0. The van der Waals surface area contributed by atoms with Crippen molar-refractivity contribution in [3.05, 3.63) is 35.9 Å². The molecule has 1 atom stereocenters. The molecule has 1 fully saturated rings. The number of rotatable bonds is 3. The first-order valence-corrected chi connectivity index (χ1v) is 6.34. The van der Waals surface area contributed by atoms with E-state index in [2.05, 4.69) is 48.0 Å². The van der Waals surface area contributed by atoms with Crippen molar-refractivity contribution in [2.24, 2.45) is 5.73 Å². The van der Waals surface area contributed by atoms with Gasteiger partial charge in [0, 0.05) is 32.6 Å². The predicted molar refractivity (Wildman–Crippen MR) is 71.8 cm³/mol. The molecule has 0 radical (unpaired) electrons. The van der Waals surface area contributed by atoms with E-state index in [1.165, 1.54) is 5.56 Å². The molecule has 2 N–H and O–H groups in total. The Kier molecular flexibility index (Phi) is 3.82. The van der Waals surface area contributed by atoms with Crippen molar-refractivity contribution in [2.75, 3.05) is 33.2 Å². The van der Waals surface area contributed by atoms with Crippen LogP contribution in [0.5, 0.6) is 0 Å². The molecule has 1 aliphatic heterocycles. The summed E-state index contributed by atoms with van der Waals surface area (Å²) >= 11 is 0. The molecule has 0 aliphatic carbocycles. The van der Waals surface area contributed by atoms with Crippen LogP contribution in [0, 0.1) is 0 Å². The summed E-state index contributed by atoms with van der Waals surface area (Å²) < 4.78 is 0. The number of likely N-dealkylation sites (N-methyl/N-ethyl adjacent to an activating group) is 1. The zero-order valence-corrected chi connectivity index (χ0v) is 10.9. The van der Waals surface area contributed by atoms with Gasteiger partial charge in [-0.15, -0.1) is 0 Å². The van der Waals surface area contributed by atoms with Crippen LogP contribution in [0.3, 0.4) is 0 Å². The van der Waals surface area contributed by atoms with Gasteiger partial charge in [0.15, 0.2) is 0 Å². The van der Waals surface area contributed by atoms with E-state index in [1.54, 1.807) is 0 Å². The van der Waals surface area contributed by atoms with Crippen LogP contribution >= 0.6 is 0 Å². The maximum absolute atomic E-state index is 6.48. The Bertz CT molecular complexity index is 340. The van der Waals surface area contributed by atoms with Gasteiger partial charge in [-0.1, -0.05) is 30.3 Å². The van der Waals surface area contributed by atoms with E-state index in [1.807, 2.05) is 6.07 Å².